The summed E-state index contributed by atoms with van der Waals surface area (Å²) < 4.78 is 15.7. The molecule has 0 amide bonds. The van der Waals surface area contributed by atoms with Crippen LogP contribution in [0.2, 0.25) is 0 Å². The molecule has 1 aliphatic rings. The van der Waals surface area contributed by atoms with Crippen LogP contribution in [0.5, 0.6) is 0 Å². The highest BCUT2D eigenvalue weighted by Gasteiger charge is 2.13. The van der Waals surface area contributed by atoms with Crippen molar-refractivity contribution in [3.8, 4) is 0 Å². The highest BCUT2D eigenvalue weighted by molar-refractivity contribution is 4.73. The molecule has 1 heterocycles. The third-order valence-corrected chi connectivity index (χ3v) is 2.49. The number of methoxy groups -OCH3 is 1. The number of hydrogen-bond acceptors (Lipinski definition) is 4. The molecule has 1 fully saturated rings. The third kappa shape index (κ3) is 6.84. The summed E-state index contributed by atoms with van der Waals surface area (Å²) in [5.41, 5.74) is 0. The lowest BCUT2D eigenvalue weighted by atomic mass is 10.2. The quantitative estimate of drug-likeness (QED) is 0.580. The topological polar surface area (TPSA) is 39.7 Å². The number of rotatable bonds is 9. The van der Waals surface area contributed by atoms with E-state index in [-0.39, 0.29) is 0 Å². The molecular weight excluding hydrogens is 194 g/mol. The Labute approximate surface area is 92.3 Å². The van der Waals surface area contributed by atoms with Crippen molar-refractivity contribution in [2.75, 3.05) is 46.7 Å². The summed E-state index contributed by atoms with van der Waals surface area (Å²) in [5, 5.41) is 3.40. The number of hydrogen-bond donors (Lipinski definition) is 1. The first-order valence-electron chi connectivity index (χ1n) is 5.81. The zero-order valence-corrected chi connectivity index (χ0v) is 9.67. The largest absolute Gasteiger partial charge is 0.382 e. The SMILES string of the molecule is COCCOCCCOCC1CCCN1. The summed E-state index contributed by atoms with van der Waals surface area (Å²) >= 11 is 0. The average Bonchev–Trinajstić information content (AvgIpc) is 2.75. The fraction of sp³-hybridized carbons (Fsp3) is 1.00. The predicted molar refractivity (Wildman–Crippen MR) is 59.2 cm³/mol. The molecule has 15 heavy (non-hydrogen) atoms. The molecule has 4 heteroatoms. The van der Waals surface area contributed by atoms with Crippen LogP contribution in [0, 0.1) is 0 Å². The summed E-state index contributed by atoms with van der Waals surface area (Å²) in [6.45, 7) is 4.91. The second-order valence-corrected chi connectivity index (χ2v) is 3.83. The van der Waals surface area contributed by atoms with Crippen molar-refractivity contribution >= 4 is 0 Å². The van der Waals surface area contributed by atoms with Crippen LogP contribution >= 0.6 is 0 Å². The van der Waals surface area contributed by atoms with Crippen LogP contribution in [0.15, 0.2) is 0 Å². The first kappa shape index (κ1) is 12.9. The Morgan fingerprint density at radius 1 is 1.13 bits per heavy atom. The Morgan fingerprint density at radius 2 is 2.00 bits per heavy atom. The second-order valence-electron chi connectivity index (χ2n) is 3.83. The van der Waals surface area contributed by atoms with Gasteiger partial charge in [-0.25, -0.2) is 0 Å². The molecule has 1 saturated heterocycles. The Morgan fingerprint density at radius 3 is 2.73 bits per heavy atom. The normalized spacial score (nSPS) is 21.0. The highest BCUT2D eigenvalue weighted by Crippen LogP contribution is 2.04. The van der Waals surface area contributed by atoms with E-state index >= 15 is 0 Å². The number of ether oxygens (including phenoxy) is 3. The van der Waals surface area contributed by atoms with Gasteiger partial charge in [-0.1, -0.05) is 0 Å². The molecule has 4 nitrogen and oxygen atoms in total. The Hall–Kier alpha value is -0.160. The van der Waals surface area contributed by atoms with E-state index in [2.05, 4.69) is 5.32 Å². The lowest BCUT2D eigenvalue weighted by Crippen LogP contribution is -2.27. The minimum atomic E-state index is 0.583. The molecule has 0 aliphatic carbocycles. The van der Waals surface area contributed by atoms with Gasteiger partial charge in [-0.15, -0.1) is 0 Å². The van der Waals surface area contributed by atoms with Crippen LogP contribution in [-0.4, -0.2) is 52.7 Å². The average molecular weight is 217 g/mol. The van der Waals surface area contributed by atoms with E-state index in [1.807, 2.05) is 0 Å². The summed E-state index contributed by atoms with van der Waals surface area (Å²) in [7, 11) is 1.68. The van der Waals surface area contributed by atoms with Gasteiger partial charge in [0.1, 0.15) is 0 Å². The van der Waals surface area contributed by atoms with Gasteiger partial charge in [-0.2, -0.15) is 0 Å². The van der Waals surface area contributed by atoms with Gasteiger partial charge >= 0.3 is 0 Å². The van der Waals surface area contributed by atoms with Gasteiger partial charge in [0, 0.05) is 26.4 Å². The van der Waals surface area contributed by atoms with Crippen molar-refractivity contribution in [1.82, 2.24) is 5.32 Å². The Balaban J connectivity index is 1.73. The molecule has 90 valence electrons. The lowest BCUT2D eigenvalue weighted by molar-refractivity contribution is 0.0484. The van der Waals surface area contributed by atoms with E-state index in [0.29, 0.717) is 19.3 Å². The first-order valence-corrected chi connectivity index (χ1v) is 5.81. The standard InChI is InChI=1S/C11H23NO3/c1-13-8-9-14-6-3-7-15-10-11-4-2-5-12-11/h11-12H,2-10H2,1H3. The van der Waals surface area contributed by atoms with Gasteiger partial charge in [0.05, 0.1) is 19.8 Å². The van der Waals surface area contributed by atoms with Gasteiger partial charge in [-0.05, 0) is 25.8 Å². The number of nitrogens with one attached hydrogen (secondary N) is 1. The lowest BCUT2D eigenvalue weighted by Gasteiger charge is -2.10. The van der Waals surface area contributed by atoms with Gasteiger partial charge < -0.3 is 19.5 Å². The summed E-state index contributed by atoms with van der Waals surface area (Å²) in [4.78, 5) is 0. The summed E-state index contributed by atoms with van der Waals surface area (Å²) in [6.07, 6.45) is 3.51. The monoisotopic (exact) mass is 217 g/mol. The third-order valence-electron chi connectivity index (χ3n) is 2.49. The molecular formula is C11H23NO3. The van der Waals surface area contributed by atoms with Crippen LogP contribution in [0.1, 0.15) is 19.3 Å². The molecule has 1 aliphatic heterocycles. The second kappa shape index (κ2) is 9.09. The van der Waals surface area contributed by atoms with Crippen LogP contribution < -0.4 is 5.32 Å². The van der Waals surface area contributed by atoms with Gasteiger partial charge in [0.15, 0.2) is 0 Å². The Bertz CT molecular complexity index is 138. The van der Waals surface area contributed by atoms with E-state index in [1.54, 1.807) is 7.11 Å². The molecule has 0 aromatic rings. The van der Waals surface area contributed by atoms with Crippen LogP contribution in [0.25, 0.3) is 0 Å². The van der Waals surface area contributed by atoms with Crippen molar-refractivity contribution in [3.63, 3.8) is 0 Å². The molecule has 1 rings (SSSR count). The van der Waals surface area contributed by atoms with Crippen LogP contribution in [0.3, 0.4) is 0 Å². The molecule has 0 spiro atoms. The maximum atomic E-state index is 5.55. The molecule has 0 bridgehead atoms. The minimum Gasteiger partial charge on any atom is -0.382 e. The fourth-order valence-electron chi connectivity index (χ4n) is 1.63. The zero-order valence-electron chi connectivity index (χ0n) is 9.67. The van der Waals surface area contributed by atoms with E-state index in [0.717, 1.165) is 32.8 Å². The van der Waals surface area contributed by atoms with Crippen molar-refractivity contribution in [3.05, 3.63) is 0 Å². The van der Waals surface area contributed by atoms with E-state index < -0.39 is 0 Å². The summed E-state index contributed by atoms with van der Waals surface area (Å²) in [6, 6.07) is 0.583. The van der Waals surface area contributed by atoms with Crippen molar-refractivity contribution in [1.29, 1.82) is 0 Å². The van der Waals surface area contributed by atoms with Crippen LogP contribution in [0.4, 0.5) is 0 Å². The van der Waals surface area contributed by atoms with Gasteiger partial charge in [0.25, 0.3) is 0 Å². The summed E-state index contributed by atoms with van der Waals surface area (Å²) in [5.74, 6) is 0. The molecule has 0 aromatic carbocycles. The van der Waals surface area contributed by atoms with Crippen molar-refractivity contribution < 1.29 is 14.2 Å². The predicted octanol–water partition coefficient (Wildman–Crippen LogP) is 0.808. The Kier molecular flexibility index (Phi) is 7.83. The zero-order chi connectivity index (χ0) is 10.8. The minimum absolute atomic E-state index is 0.583. The van der Waals surface area contributed by atoms with Crippen molar-refractivity contribution in [2.24, 2.45) is 0 Å². The van der Waals surface area contributed by atoms with Crippen molar-refractivity contribution in [2.45, 2.75) is 25.3 Å². The highest BCUT2D eigenvalue weighted by atomic mass is 16.5. The van der Waals surface area contributed by atoms with E-state index in [4.69, 9.17) is 14.2 Å². The maximum absolute atomic E-state index is 5.55. The van der Waals surface area contributed by atoms with Gasteiger partial charge in [0.2, 0.25) is 0 Å². The first-order chi connectivity index (χ1) is 7.43. The molecule has 0 radical (unpaired) electrons. The van der Waals surface area contributed by atoms with Crippen LogP contribution in [-0.2, 0) is 14.2 Å². The van der Waals surface area contributed by atoms with Gasteiger partial charge in [-0.3, -0.25) is 0 Å². The van der Waals surface area contributed by atoms with E-state index in [9.17, 15) is 0 Å². The molecule has 1 atom stereocenters. The smallest absolute Gasteiger partial charge is 0.0700 e. The molecule has 1 unspecified atom stereocenters. The molecule has 1 N–H and O–H groups in total. The molecule has 0 aromatic heterocycles. The molecule has 0 saturated carbocycles. The fourth-order valence-corrected chi connectivity index (χ4v) is 1.63. The maximum Gasteiger partial charge on any atom is 0.0700 e. The van der Waals surface area contributed by atoms with E-state index in [1.165, 1.54) is 12.8 Å².